The van der Waals surface area contributed by atoms with Crippen molar-refractivity contribution in [3.05, 3.63) is 0 Å². The molecule has 19 heavy (non-hydrogen) atoms. The molecule has 4 heteroatoms. The fraction of sp³-hybridized carbons (Fsp3) is 0.867. The van der Waals surface area contributed by atoms with E-state index in [0.29, 0.717) is 18.2 Å². The number of piperidine rings is 2. The van der Waals surface area contributed by atoms with Crippen molar-refractivity contribution in [2.24, 2.45) is 11.8 Å². The molecule has 4 nitrogen and oxygen atoms in total. The lowest BCUT2D eigenvalue weighted by atomic mass is 9.92. The van der Waals surface area contributed by atoms with Gasteiger partial charge in [0, 0.05) is 32.0 Å². The van der Waals surface area contributed by atoms with Gasteiger partial charge in [-0.25, -0.2) is 0 Å². The van der Waals surface area contributed by atoms with Gasteiger partial charge in [0.25, 0.3) is 0 Å². The lowest BCUT2D eigenvalue weighted by Gasteiger charge is -2.37. The number of likely N-dealkylation sites (tertiary alicyclic amines) is 2. The summed E-state index contributed by atoms with van der Waals surface area (Å²) in [6.45, 7) is 6.95. The highest BCUT2D eigenvalue weighted by atomic mass is 16.2. The third-order valence-corrected chi connectivity index (χ3v) is 4.45. The molecule has 2 heterocycles. The molecule has 0 saturated carbocycles. The van der Waals surface area contributed by atoms with E-state index in [2.05, 4.69) is 22.8 Å². The van der Waals surface area contributed by atoms with Crippen LogP contribution in [-0.2, 0) is 4.79 Å². The summed E-state index contributed by atoms with van der Waals surface area (Å²) in [5, 5.41) is 8.59. The first kappa shape index (κ1) is 14.3. The van der Waals surface area contributed by atoms with E-state index in [-0.39, 0.29) is 5.92 Å². The first-order chi connectivity index (χ1) is 9.20. The summed E-state index contributed by atoms with van der Waals surface area (Å²) in [7, 11) is 0. The van der Waals surface area contributed by atoms with E-state index < -0.39 is 0 Å². The third kappa shape index (κ3) is 3.94. The van der Waals surface area contributed by atoms with Gasteiger partial charge < -0.3 is 9.80 Å². The van der Waals surface area contributed by atoms with E-state index in [1.54, 1.807) is 0 Å². The standard InChI is InChI=1S/C15H25N3O/c1-13-4-2-9-18(12-13)15(19)14-5-10-17(11-6-14)8-3-7-16/h13-14H,2-6,8-12H2,1H3. The second-order valence-electron chi connectivity index (χ2n) is 6.06. The summed E-state index contributed by atoms with van der Waals surface area (Å²) in [6, 6.07) is 2.19. The number of rotatable bonds is 3. The largest absolute Gasteiger partial charge is 0.342 e. The van der Waals surface area contributed by atoms with Crippen LogP contribution in [0.4, 0.5) is 0 Å². The van der Waals surface area contributed by atoms with Crippen molar-refractivity contribution in [2.75, 3.05) is 32.7 Å². The molecular formula is C15H25N3O. The van der Waals surface area contributed by atoms with Gasteiger partial charge in [0.05, 0.1) is 6.07 Å². The molecule has 1 amide bonds. The summed E-state index contributed by atoms with van der Waals surface area (Å²) in [6.07, 6.45) is 4.96. The van der Waals surface area contributed by atoms with Crippen molar-refractivity contribution < 1.29 is 4.79 Å². The Kier molecular flexibility index (Phi) is 5.21. The molecule has 106 valence electrons. The average molecular weight is 263 g/mol. The van der Waals surface area contributed by atoms with E-state index >= 15 is 0 Å². The Morgan fingerprint density at radius 2 is 2.00 bits per heavy atom. The number of carbonyl (C=O) groups is 1. The van der Waals surface area contributed by atoms with Crippen LogP contribution in [0.1, 0.15) is 39.0 Å². The van der Waals surface area contributed by atoms with Crippen LogP contribution in [0.2, 0.25) is 0 Å². The van der Waals surface area contributed by atoms with Crippen LogP contribution in [0.3, 0.4) is 0 Å². The smallest absolute Gasteiger partial charge is 0.225 e. The van der Waals surface area contributed by atoms with E-state index in [0.717, 1.165) is 52.0 Å². The molecule has 0 aromatic carbocycles. The van der Waals surface area contributed by atoms with Gasteiger partial charge in [0.1, 0.15) is 0 Å². The zero-order valence-electron chi connectivity index (χ0n) is 12.0. The lowest BCUT2D eigenvalue weighted by molar-refractivity contribution is -0.138. The molecule has 1 atom stereocenters. The zero-order chi connectivity index (χ0) is 13.7. The fourth-order valence-corrected chi connectivity index (χ4v) is 3.26. The maximum Gasteiger partial charge on any atom is 0.225 e. The number of nitrogens with zero attached hydrogens (tertiary/aromatic N) is 3. The molecule has 2 aliphatic rings. The van der Waals surface area contributed by atoms with Crippen LogP contribution in [0, 0.1) is 23.2 Å². The van der Waals surface area contributed by atoms with Crippen molar-refractivity contribution in [1.82, 2.24) is 9.80 Å². The van der Waals surface area contributed by atoms with E-state index in [4.69, 9.17) is 5.26 Å². The van der Waals surface area contributed by atoms with Crippen LogP contribution in [-0.4, -0.2) is 48.4 Å². The van der Waals surface area contributed by atoms with Gasteiger partial charge in [-0.2, -0.15) is 5.26 Å². The highest BCUT2D eigenvalue weighted by Crippen LogP contribution is 2.23. The predicted molar refractivity (Wildman–Crippen MR) is 74.4 cm³/mol. The Balaban J connectivity index is 1.77. The van der Waals surface area contributed by atoms with Crippen LogP contribution < -0.4 is 0 Å². The molecule has 0 N–H and O–H groups in total. The predicted octanol–water partition coefficient (Wildman–Crippen LogP) is 1.87. The Hall–Kier alpha value is -1.08. The van der Waals surface area contributed by atoms with Crippen molar-refractivity contribution >= 4 is 5.91 Å². The summed E-state index contributed by atoms with van der Waals surface area (Å²) < 4.78 is 0. The van der Waals surface area contributed by atoms with E-state index in [9.17, 15) is 4.79 Å². The average Bonchev–Trinajstić information content (AvgIpc) is 2.45. The number of amides is 1. The van der Waals surface area contributed by atoms with Crippen molar-refractivity contribution in [3.63, 3.8) is 0 Å². The molecule has 0 aliphatic carbocycles. The maximum atomic E-state index is 12.5. The van der Waals surface area contributed by atoms with Crippen LogP contribution in [0.15, 0.2) is 0 Å². The first-order valence-corrected chi connectivity index (χ1v) is 7.59. The van der Waals surface area contributed by atoms with Gasteiger partial charge in [-0.1, -0.05) is 6.92 Å². The summed E-state index contributed by atoms with van der Waals surface area (Å²) in [5.74, 6) is 1.27. The number of carbonyl (C=O) groups excluding carboxylic acids is 1. The van der Waals surface area contributed by atoms with Crippen molar-refractivity contribution in [2.45, 2.75) is 39.0 Å². The van der Waals surface area contributed by atoms with Crippen molar-refractivity contribution in [1.29, 1.82) is 5.26 Å². The van der Waals surface area contributed by atoms with E-state index in [1.807, 2.05) is 0 Å². The molecule has 0 spiro atoms. The SMILES string of the molecule is CC1CCCN(C(=O)C2CCN(CCC#N)CC2)C1. The van der Waals surface area contributed by atoms with E-state index in [1.165, 1.54) is 6.42 Å². The van der Waals surface area contributed by atoms with Gasteiger partial charge in [0.2, 0.25) is 5.91 Å². The number of nitriles is 1. The highest BCUT2D eigenvalue weighted by Gasteiger charge is 2.30. The maximum absolute atomic E-state index is 12.5. The number of hydrogen-bond acceptors (Lipinski definition) is 3. The van der Waals surface area contributed by atoms with Gasteiger partial charge >= 0.3 is 0 Å². The molecule has 0 radical (unpaired) electrons. The normalized spacial score (nSPS) is 26.1. The fourth-order valence-electron chi connectivity index (χ4n) is 3.26. The minimum Gasteiger partial charge on any atom is -0.342 e. The zero-order valence-corrected chi connectivity index (χ0v) is 12.0. The van der Waals surface area contributed by atoms with Gasteiger partial charge in [-0.05, 0) is 44.7 Å². The Bertz CT molecular complexity index is 342. The second kappa shape index (κ2) is 6.91. The summed E-state index contributed by atoms with van der Waals surface area (Å²) in [4.78, 5) is 16.9. The molecule has 0 aromatic heterocycles. The Labute approximate surface area is 116 Å². The molecule has 2 aliphatic heterocycles. The topological polar surface area (TPSA) is 47.3 Å². The molecule has 2 rings (SSSR count). The first-order valence-electron chi connectivity index (χ1n) is 7.59. The Morgan fingerprint density at radius 3 is 2.63 bits per heavy atom. The number of hydrogen-bond donors (Lipinski definition) is 0. The summed E-state index contributed by atoms with van der Waals surface area (Å²) >= 11 is 0. The lowest BCUT2D eigenvalue weighted by Crippen LogP contribution is -2.46. The van der Waals surface area contributed by atoms with Crippen LogP contribution in [0.25, 0.3) is 0 Å². The summed E-state index contributed by atoms with van der Waals surface area (Å²) in [5.41, 5.74) is 0. The molecule has 0 bridgehead atoms. The van der Waals surface area contributed by atoms with Gasteiger partial charge in [-0.15, -0.1) is 0 Å². The molecule has 0 aromatic rings. The van der Waals surface area contributed by atoms with Gasteiger partial charge in [-0.3, -0.25) is 4.79 Å². The highest BCUT2D eigenvalue weighted by molar-refractivity contribution is 5.79. The van der Waals surface area contributed by atoms with Gasteiger partial charge in [0.15, 0.2) is 0 Å². The molecule has 1 unspecified atom stereocenters. The molecular weight excluding hydrogens is 238 g/mol. The Morgan fingerprint density at radius 1 is 1.26 bits per heavy atom. The minimum atomic E-state index is 0.226. The quantitative estimate of drug-likeness (QED) is 0.781. The molecule has 2 fully saturated rings. The molecule has 2 saturated heterocycles. The second-order valence-corrected chi connectivity index (χ2v) is 6.06. The van der Waals surface area contributed by atoms with Crippen LogP contribution >= 0.6 is 0 Å². The van der Waals surface area contributed by atoms with Crippen LogP contribution in [0.5, 0.6) is 0 Å². The third-order valence-electron chi connectivity index (χ3n) is 4.45. The monoisotopic (exact) mass is 263 g/mol. The van der Waals surface area contributed by atoms with Crippen molar-refractivity contribution in [3.8, 4) is 6.07 Å². The minimum absolute atomic E-state index is 0.226.